The maximum Gasteiger partial charge on any atom is 0.134 e. The van der Waals surface area contributed by atoms with Crippen LogP contribution in [-0.2, 0) is 6.42 Å². The quantitative estimate of drug-likeness (QED) is 0.826. The summed E-state index contributed by atoms with van der Waals surface area (Å²) in [4.78, 5) is 0. The lowest BCUT2D eigenvalue weighted by Crippen LogP contribution is -2.24. The molecule has 80 valence electrons. The number of hydrogen-bond acceptors (Lipinski definition) is 2. The summed E-state index contributed by atoms with van der Waals surface area (Å²) in [7, 11) is 0. The minimum absolute atomic E-state index is 0.536. The Hall–Kier alpha value is -1.28. The molecular formula is C13H17NO. The molecule has 15 heavy (non-hydrogen) atoms. The van der Waals surface area contributed by atoms with Crippen molar-refractivity contribution in [1.82, 2.24) is 5.32 Å². The van der Waals surface area contributed by atoms with Crippen molar-refractivity contribution in [3.05, 3.63) is 36.1 Å². The third kappa shape index (κ3) is 2.60. The summed E-state index contributed by atoms with van der Waals surface area (Å²) in [5, 5.41) is 4.57. The van der Waals surface area contributed by atoms with Crippen molar-refractivity contribution in [1.29, 1.82) is 0 Å². The predicted molar refractivity (Wildman–Crippen MR) is 63.1 cm³/mol. The van der Waals surface area contributed by atoms with Crippen molar-refractivity contribution in [3.8, 4) is 0 Å². The van der Waals surface area contributed by atoms with Gasteiger partial charge in [0.2, 0.25) is 0 Å². The van der Waals surface area contributed by atoms with E-state index in [1.807, 2.05) is 18.2 Å². The number of furan rings is 1. The van der Waals surface area contributed by atoms with Gasteiger partial charge in [-0.3, -0.25) is 0 Å². The average Bonchev–Trinajstić information content (AvgIpc) is 2.59. The van der Waals surface area contributed by atoms with Gasteiger partial charge in [0.25, 0.3) is 0 Å². The van der Waals surface area contributed by atoms with Crippen molar-refractivity contribution in [2.45, 2.75) is 26.3 Å². The molecule has 2 nitrogen and oxygen atoms in total. The van der Waals surface area contributed by atoms with Gasteiger partial charge in [0.05, 0.1) is 0 Å². The average molecular weight is 203 g/mol. The minimum Gasteiger partial charge on any atom is -0.461 e. The van der Waals surface area contributed by atoms with Gasteiger partial charge < -0.3 is 9.73 Å². The summed E-state index contributed by atoms with van der Waals surface area (Å²) in [6.07, 6.45) is 0.951. The molecule has 2 rings (SSSR count). The molecule has 0 atom stereocenters. The normalized spacial score (nSPS) is 11.4. The van der Waals surface area contributed by atoms with Crippen LogP contribution in [0.1, 0.15) is 19.6 Å². The molecule has 1 heterocycles. The molecule has 1 aromatic heterocycles. The Balaban J connectivity index is 2.03. The zero-order valence-electron chi connectivity index (χ0n) is 9.29. The minimum atomic E-state index is 0.536. The van der Waals surface area contributed by atoms with Gasteiger partial charge in [0.1, 0.15) is 11.3 Å². The first-order chi connectivity index (χ1) is 7.25. The molecule has 0 fully saturated rings. The number of benzene rings is 1. The van der Waals surface area contributed by atoms with Crippen LogP contribution in [0.3, 0.4) is 0 Å². The fourth-order valence-corrected chi connectivity index (χ4v) is 1.64. The summed E-state index contributed by atoms with van der Waals surface area (Å²) in [5.41, 5.74) is 0.983. The summed E-state index contributed by atoms with van der Waals surface area (Å²) in [5.74, 6) is 1.06. The highest BCUT2D eigenvalue weighted by molar-refractivity contribution is 5.77. The molecular weight excluding hydrogens is 186 g/mol. The van der Waals surface area contributed by atoms with Crippen LogP contribution in [0.4, 0.5) is 0 Å². The van der Waals surface area contributed by atoms with E-state index in [-0.39, 0.29) is 0 Å². The van der Waals surface area contributed by atoms with E-state index in [2.05, 4.69) is 31.3 Å². The molecule has 0 spiro atoms. The van der Waals surface area contributed by atoms with E-state index in [1.54, 1.807) is 0 Å². The van der Waals surface area contributed by atoms with Crippen LogP contribution in [0.5, 0.6) is 0 Å². The highest BCUT2D eigenvalue weighted by Gasteiger charge is 2.02. The van der Waals surface area contributed by atoms with Crippen LogP contribution in [0.25, 0.3) is 11.0 Å². The first-order valence-electron chi connectivity index (χ1n) is 5.46. The van der Waals surface area contributed by atoms with Gasteiger partial charge in [-0.05, 0) is 12.1 Å². The second-order valence-corrected chi connectivity index (χ2v) is 4.11. The van der Waals surface area contributed by atoms with Crippen molar-refractivity contribution in [2.24, 2.45) is 0 Å². The monoisotopic (exact) mass is 203 g/mol. The fraction of sp³-hybridized carbons (Fsp3) is 0.385. The largest absolute Gasteiger partial charge is 0.461 e. The number of nitrogens with one attached hydrogen (secondary N) is 1. The van der Waals surface area contributed by atoms with Crippen molar-refractivity contribution in [3.63, 3.8) is 0 Å². The van der Waals surface area contributed by atoms with Gasteiger partial charge in [-0.25, -0.2) is 0 Å². The van der Waals surface area contributed by atoms with Crippen molar-refractivity contribution < 1.29 is 4.42 Å². The number of rotatable bonds is 4. The lowest BCUT2D eigenvalue weighted by atomic mass is 10.2. The van der Waals surface area contributed by atoms with E-state index in [9.17, 15) is 0 Å². The van der Waals surface area contributed by atoms with Crippen LogP contribution in [0, 0.1) is 0 Å². The Morgan fingerprint density at radius 3 is 2.80 bits per heavy atom. The Morgan fingerprint density at radius 2 is 2.07 bits per heavy atom. The third-order valence-corrected chi connectivity index (χ3v) is 2.40. The van der Waals surface area contributed by atoms with Crippen LogP contribution in [0.15, 0.2) is 34.7 Å². The van der Waals surface area contributed by atoms with E-state index in [4.69, 9.17) is 4.42 Å². The number of fused-ring (bicyclic) bond motifs is 1. The Labute approximate surface area is 90.3 Å². The fourth-order valence-electron chi connectivity index (χ4n) is 1.64. The highest BCUT2D eigenvalue weighted by Crippen LogP contribution is 2.18. The van der Waals surface area contributed by atoms with Gasteiger partial charge >= 0.3 is 0 Å². The molecule has 1 aromatic carbocycles. The van der Waals surface area contributed by atoms with E-state index in [0.717, 1.165) is 24.3 Å². The maximum atomic E-state index is 5.71. The summed E-state index contributed by atoms with van der Waals surface area (Å²) >= 11 is 0. The smallest absolute Gasteiger partial charge is 0.134 e. The van der Waals surface area contributed by atoms with Gasteiger partial charge in [0, 0.05) is 24.4 Å². The zero-order valence-corrected chi connectivity index (χ0v) is 9.29. The lowest BCUT2D eigenvalue weighted by molar-refractivity contribution is 0.516. The van der Waals surface area contributed by atoms with Gasteiger partial charge in [-0.1, -0.05) is 32.0 Å². The topological polar surface area (TPSA) is 25.2 Å². The molecule has 0 amide bonds. The van der Waals surface area contributed by atoms with Crippen LogP contribution in [-0.4, -0.2) is 12.6 Å². The first-order valence-corrected chi connectivity index (χ1v) is 5.46. The summed E-state index contributed by atoms with van der Waals surface area (Å²) < 4.78 is 5.71. The van der Waals surface area contributed by atoms with E-state index in [0.29, 0.717) is 6.04 Å². The molecule has 2 heteroatoms. The van der Waals surface area contributed by atoms with Gasteiger partial charge in [-0.2, -0.15) is 0 Å². The SMILES string of the molecule is CC(C)NCCc1cc2ccccc2o1. The number of para-hydroxylation sites is 1. The maximum absolute atomic E-state index is 5.71. The third-order valence-electron chi connectivity index (χ3n) is 2.40. The van der Waals surface area contributed by atoms with Crippen LogP contribution >= 0.6 is 0 Å². The molecule has 0 aliphatic rings. The predicted octanol–water partition coefficient (Wildman–Crippen LogP) is 2.97. The van der Waals surface area contributed by atoms with Crippen LogP contribution in [0.2, 0.25) is 0 Å². The lowest BCUT2D eigenvalue weighted by Gasteiger charge is -2.05. The van der Waals surface area contributed by atoms with Crippen LogP contribution < -0.4 is 5.32 Å². The number of hydrogen-bond donors (Lipinski definition) is 1. The molecule has 0 bridgehead atoms. The molecule has 0 radical (unpaired) electrons. The Kier molecular flexibility index (Phi) is 3.07. The second-order valence-electron chi connectivity index (χ2n) is 4.11. The molecule has 0 aliphatic heterocycles. The molecule has 0 aliphatic carbocycles. The van der Waals surface area contributed by atoms with Crippen molar-refractivity contribution >= 4 is 11.0 Å². The highest BCUT2D eigenvalue weighted by atomic mass is 16.3. The van der Waals surface area contributed by atoms with Gasteiger partial charge in [0.15, 0.2) is 0 Å². The van der Waals surface area contributed by atoms with E-state index < -0.39 is 0 Å². The molecule has 2 aromatic rings. The molecule has 0 saturated carbocycles. The van der Waals surface area contributed by atoms with Crippen molar-refractivity contribution in [2.75, 3.05) is 6.54 Å². The molecule has 1 N–H and O–H groups in total. The zero-order chi connectivity index (χ0) is 10.7. The standard InChI is InChI=1S/C13H17NO/c1-10(2)14-8-7-12-9-11-5-3-4-6-13(11)15-12/h3-6,9-10,14H,7-8H2,1-2H3. The molecule has 0 saturated heterocycles. The molecule has 0 unspecified atom stereocenters. The first kappa shape index (κ1) is 10.2. The second kappa shape index (κ2) is 4.49. The summed E-state index contributed by atoms with van der Waals surface area (Å²) in [6.45, 7) is 5.27. The van der Waals surface area contributed by atoms with E-state index in [1.165, 1.54) is 5.39 Å². The van der Waals surface area contributed by atoms with Gasteiger partial charge in [-0.15, -0.1) is 0 Å². The van der Waals surface area contributed by atoms with E-state index >= 15 is 0 Å². The Bertz CT molecular complexity index is 398. The Morgan fingerprint density at radius 1 is 1.27 bits per heavy atom. The summed E-state index contributed by atoms with van der Waals surface area (Å²) in [6, 6.07) is 10.8.